The lowest BCUT2D eigenvalue weighted by molar-refractivity contribution is -0.117. The van der Waals surface area contributed by atoms with Crippen LogP contribution < -0.4 is 10.9 Å². The lowest BCUT2D eigenvalue weighted by Gasteiger charge is -2.09. The normalized spacial score (nSPS) is 10.9. The van der Waals surface area contributed by atoms with Crippen LogP contribution in [0.15, 0.2) is 59.4 Å². The molecule has 2 heterocycles. The molecule has 4 aromatic rings. The van der Waals surface area contributed by atoms with Gasteiger partial charge in [-0.3, -0.25) is 9.59 Å². The van der Waals surface area contributed by atoms with E-state index < -0.39 is 0 Å². The van der Waals surface area contributed by atoms with Crippen LogP contribution in [0.1, 0.15) is 10.6 Å². The number of aryl methyl sites for hydroxylation is 2. The van der Waals surface area contributed by atoms with E-state index in [0.717, 1.165) is 20.8 Å². The van der Waals surface area contributed by atoms with Crippen molar-refractivity contribution < 1.29 is 4.79 Å². The molecule has 2 aromatic carbocycles. The standard InChI is InChI=1S/C21H18N4O2S/c1-13-8-10-15(11-9-13)18-20-19(22-14(2)28-20)21(27)25(24-18)12-17(26)23-16-6-4-3-5-7-16/h3-11H,12H2,1-2H3,(H,23,26). The number of para-hydroxylation sites is 1. The molecule has 6 nitrogen and oxygen atoms in total. The van der Waals surface area contributed by atoms with Crippen LogP contribution in [0.2, 0.25) is 0 Å². The summed E-state index contributed by atoms with van der Waals surface area (Å²) < 4.78 is 1.93. The zero-order chi connectivity index (χ0) is 19.7. The quantitative estimate of drug-likeness (QED) is 0.575. The number of anilines is 1. The van der Waals surface area contributed by atoms with E-state index in [1.54, 1.807) is 12.1 Å². The number of fused-ring (bicyclic) bond motifs is 1. The number of rotatable bonds is 4. The van der Waals surface area contributed by atoms with E-state index in [1.165, 1.54) is 16.0 Å². The van der Waals surface area contributed by atoms with Gasteiger partial charge in [0.2, 0.25) is 5.91 Å². The molecule has 1 amide bonds. The van der Waals surface area contributed by atoms with E-state index in [4.69, 9.17) is 0 Å². The first-order valence-corrected chi connectivity index (χ1v) is 9.63. The van der Waals surface area contributed by atoms with Crippen LogP contribution in [0, 0.1) is 13.8 Å². The first kappa shape index (κ1) is 18.1. The second-order valence-electron chi connectivity index (χ2n) is 6.50. The molecule has 1 N–H and O–H groups in total. The lowest BCUT2D eigenvalue weighted by atomic mass is 10.1. The van der Waals surface area contributed by atoms with Crippen LogP contribution in [-0.4, -0.2) is 20.7 Å². The summed E-state index contributed by atoms with van der Waals surface area (Å²) in [5.41, 5.74) is 3.34. The number of carbonyl (C=O) groups is 1. The molecule has 0 spiro atoms. The van der Waals surface area contributed by atoms with Gasteiger partial charge in [0.15, 0.2) is 5.52 Å². The van der Waals surface area contributed by atoms with Gasteiger partial charge in [0.25, 0.3) is 5.56 Å². The molecule has 0 saturated carbocycles. The first-order valence-electron chi connectivity index (χ1n) is 8.81. The Kier molecular flexibility index (Phi) is 4.75. The van der Waals surface area contributed by atoms with Crippen LogP contribution in [0.3, 0.4) is 0 Å². The highest BCUT2D eigenvalue weighted by molar-refractivity contribution is 7.19. The van der Waals surface area contributed by atoms with Crippen molar-refractivity contribution in [1.29, 1.82) is 0 Å². The molecule has 0 radical (unpaired) electrons. The minimum atomic E-state index is -0.363. The molecule has 0 atom stereocenters. The van der Waals surface area contributed by atoms with Gasteiger partial charge in [-0.2, -0.15) is 5.10 Å². The van der Waals surface area contributed by atoms with Gasteiger partial charge in [-0.15, -0.1) is 11.3 Å². The summed E-state index contributed by atoms with van der Waals surface area (Å²) >= 11 is 1.43. The minimum Gasteiger partial charge on any atom is -0.324 e. The van der Waals surface area contributed by atoms with E-state index >= 15 is 0 Å². The molecule has 7 heteroatoms. The molecule has 0 fully saturated rings. The maximum absolute atomic E-state index is 12.8. The van der Waals surface area contributed by atoms with Gasteiger partial charge < -0.3 is 5.32 Å². The summed E-state index contributed by atoms with van der Waals surface area (Å²) in [6.07, 6.45) is 0. The molecule has 0 aliphatic carbocycles. The highest BCUT2D eigenvalue weighted by Gasteiger charge is 2.18. The fourth-order valence-electron chi connectivity index (χ4n) is 2.93. The Morgan fingerprint density at radius 2 is 1.79 bits per heavy atom. The Morgan fingerprint density at radius 3 is 2.50 bits per heavy atom. The number of nitrogens with one attached hydrogen (secondary N) is 1. The van der Waals surface area contributed by atoms with Crippen molar-refractivity contribution in [2.24, 2.45) is 0 Å². The van der Waals surface area contributed by atoms with Gasteiger partial charge in [0, 0.05) is 11.3 Å². The summed E-state index contributed by atoms with van der Waals surface area (Å²) in [6.45, 7) is 3.69. The molecule has 0 unspecified atom stereocenters. The van der Waals surface area contributed by atoms with Crippen molar-refractivity contribution >= 4 is 33.1 Å². The van der Waals surface area contributed by atoms with Gasteiger partial charge in [-0.1, -0.05) is 48.0 Å². The van der Waals surface area contributed by atoms with E-state index in [2.05, 4.69) is 15.4 Å². The van der Waals surface area contributed by atoms with Crippen molar-refractivity contribution in [3.8, 4) is 11.3 Å². The van der Waals surface area contributed by atoms with Crippen molar-refractivity contribution in [2.45, 2.75) is 20.4 Å². The number of carbonyl (C=O) groups excluding carboxylic acids is 1. The monoisotopic (exact) mass is 390 g/mol. The Bertz CT molecular complexity index is 1210. The summed E-state index contributed by atoms with van der Waals surface area (Å²) in [5.74, 6) is -0.318. The van der Waals surface area contributed by atoms with E-state index in [0.29, 0.717) is 16.9 Å². The predicted molar refractivity (Wildman–Crippen MR) is 112 cm³/mol. The largest absolute Gasteiger partial charge is 0.324 e. The Labute approximate surface area is 165 Å². The van der Waals surface area contributed by atoms with Crippen molar-refractivity contribution in [3.05, 3.63) is 75.5 Å². The van der Waals surface area contributed by atoms with E-state index in [-0.39, 0.29) is 18.0 Å². The summed E-state index contributed by atoms with van der Waals surface area (Å²) in [7, 11) is 0. The van der Waals surface area contributed by atoms with Crippen LogP contribution in [0.25, 0.3) is 21.5 Å². The van der Waals surface area contributed by atoms with Gasteiger partial charge in [-0.05, 0) is 26.0 Å². The SMILES string of the molecule is Cc1ccc(-c2nn(CC(=O)Nc3ccccc3)c(=O)c3nc(C)sc23)cc1. The molecule has 0 bridgehead atoms. The van der Waals surface area contributed by atoms with Crippen LogP contribution in [0.4, 0.5) is 5.69 Å². The molecule has 4 rings (SSSR count). The number of benzene rings is 2. The number of aromatic nitrogens is 3. The van der Waals surface area contributed by atoms with Gasteiger partial charge in [0.1, 0.15) is 12.2 Å². The molecule has 140 valence electrons. The van der Waals surface area contributed by atoms with Crippen molar-refractivity contribution in [2.75, 3.05) is 5.32 Å². The third-order valence-corrected chi connectivity index (χ3v) is 5.26. The average molecular weight is 390 g/mol. The summed E-state index contributed by atoms with van der Waals surface area (Å²) in [4.78, 5) is 29.7. The maximum Gasteiger partial charge on any atom is 0.294 e. The number of thiazole rings is 1. The molecule has 2 aromatic heterocycles. The second kappa shape index (κ2) is 7.36. The Balaban J connectivity index is 1.76. The van der Waals surface area contributed by atoms with Crippen LogP contribution in [-0.2, 0) is 11.3 Å². The Morgan fingerprint density at radius 1 is 1.07 bits per heavy atom. The number of nitrogens with zero attached hydrogens (tertiary/aromatic N) is 3. The van der Waals surface area contributed by atoms with E-state index in [1.807, 2.05) is 56.3 Å². The lowest BCUT2D eigenvalue weighted by Crippen LogP contribution is -2.30. The topological polar surface area (TPSA) is 76.9 Å². The first-order chi connectivity index (χ1) is 13.5. The fraction of sp³-hybridized carbons (Fsp3) is 0.143. The number of hydrogen-bond acceptors (Lipinski definition) is 5. The van der Waals surface area contributed by atoms with E-state index in [9.17, 15) is 9.59 Å². The highest BCUT2D eigenvalue weighted by atomic mass is 32.1. The van der Waals surface area contributed by atoms with Crippen LogP contribution >= 0.6 is 11.3 Å². The molecular formula is C21H18N4O2S. The van der Waals surface area contributed by atoms with Gasteiger partial charge in [-0.25, -0.2) is 9.67 Å². The minimum absolute atomic E-state index is 0.181. The second-order valence-corrected chi connectivity index (χ2v) is 7.71. The summed E-state index contributed by atoms with van der Waals surface area (Å²) in [6, 6.07) is 17.0. The average Bonchev–Trinajstić information content (AvgIpc) is 3.07. The molecule has 0 saturated heterocycles. The van der Waals surface area contributed by atoms with Gasteiger partial charge in [0.05, 0.1) is 9.71 Å². The zero-order valence-corrected chi connectivity index (χ0v) is 16.3. The van der Waals surface area contributed by atoms with Crippen LogP contribution in [0.5, 0.6) is 0 Å². The van der Waals surface area contributed by atoms with Gasteiger partial charge >= 0.3 is 0 Å². The van der Waals surface area contributed by atoms with Crippen molar-refractivity contribution in [3.63, 3.8) is 0 Å². The molecule has 28 heavy (non-hydrogen) atoms. The maximum atomic E-state index is 12.8. The van der Waals surface area contributed by atoms with Crippen molar-refractivity contribution in [1.82, 2.24) is 14.8 Å². The molecule has 0 aliphatic heterocycles. The number of amides is 1. The Hall–Kier alpha value is -3.32. The highest BCUT2D eigenvalue weighted by Crippen LogP contribution is 2.29. The zero-order valence-electron chi connectivity index (χ0n) is 15.5. The predicted octanol–water partition coefficient (Wildman–Crippen LogP) is 3.78. The molecular weight excluding hydrogens is 372 g/mol. The number of hydrogen-bond donors (Lipinski definition) is 1. The fourth-order valence-corrected chi connectivity index (χ4v) is 3.85. The summed E-state index contributed by atoms with van der Waals surface area (Å²) in [5, 5.41) is 8.08. The third-order valence-electron chi connectivity index (χ3n) is 4.28. The smallest absolute Gasteiger partial charge is 0.294 e. The molecule has 0 aliphatic rings. The third kappa shape index (κ3) is 3.57.